The molecule has 1 amide bonds. The first kappa shape index (κ1) is 14.6. The van der Waals surface area contributed by atoms with Gasteiger partial charge >= 0.3 is 0 Å². The van der Waals surface area contributed by atoms with Crippen molar-refractivity contribution in [3.8, 4) is 0 Å². The van der Waals surface area contributed by atoms with E-state index in [9.17, 15) is 9.59 Å². The second-order valence-corrected chi connectivity index (χ2v) is 5.51. The van der Waals surface area contributed by atoms with Gasteiger partial charge in [0.15, 0.2) is 11.5 Å². The molecule has 0 radical (unpaired) electrons. The molecule has 116 valence electrons. The van der Waals surface area contributed by atoms with Crippen molar-refractivity contribution < 1.29 is 14.0 Å². The average Bonchev–Trinajstić information content (AvgIpc) is 3.12. The van der Waals surface area contributed by atoms with E-state index in [4.69, 9.17) is 4.42 Å². The number of fused-ring (bicyclic) bond motifs is 1. The highest BCUT2D eigenvalue weighted by atomic mass is 16.4. The van der Waals surface area contributed by atoms with Crippen LogP contribution >= 0.6 is 0 Å². The zero-order valence-corrected chi connectivity index (χ0v) is 12.6. The first-order chi connectivity index (χ1) is 10.7. The molecule has 0 bridgehead atoms. The number of aryl methyl sites for hydroxylation is 2. The maximum atomic E-state index is 12.2. The van der Waals surface area contributed by atoms with E-state index in [0.717, 1.165) is 25.8 Å². The highest BCUT2D eigenvalue weighted by Crippen LogP contribution is 2.29. The molecule has 6 nitrogen and oxygen atoms in total. The van der Waals surface area contributed by atoms with Crippen LogP contribution in [0, 0.1) is 6.92 Å². The van der Waals surface area contributed by atoms with Crippen LogP contribution in [0.3, 0.4) is 0 Å². The minimum absolute atomic E-state index is 0.0835. The first-order valence-corrected chi connectivity index (χ1v) is 7.58. The van der Waals surface area contributed by atoms with Gasteiger partial charge in [-0.1, -0.05) is 0 Å². The molecular weight excluding hydrogens is 282 g/mol. The summed E-state index contributed by atoms with van der Waals surface area (Å²) >= 11 is 0. The van der Waals surface area contributed by atoms with Gasteiger partial charge in [-0.15, -0.1) is 0 Å². The molecule has 0 saturated heterocycles. The molecule has 3 rings (SSSR count). The Bertz CT molecular complexity index is 686. The minimum atomic E-state index is -0.250. The van der Waals surface area contributed by atoms with E-state index < -0.39 is 0 Å². The van der Waals surface area contributed by atoms with Gasteiger partial charge in [-0.3, -0.25) is 14.3 Å². The predicted octanol–water partition coefficient (Wildman–Crippen LogP) is 2.12. The maximum absolute atomic E-state index is 12.2. The highest BCUT2D eigenvalue weighted by Gasteiger charge is 2.28. The third kappa shape index (κ3) is 2.81. The van der Waals surface area contributed by atoms with Crippen LogP contribution in [0.5, 0.6) is 0 Å². The summed E-state index contributed by atoms with van der Waals surface area (Å²) in [7, 11) is 0. The van der Waals surface area contributed by atoms with Crippen molar-refractivity contribution >= 4 is 11.7 Å². The van der Waals surface area contributed by atoms with Crippen LogP contribution in [0.1, 0.15) is 51.5 Å². The predicted molar refractivity (Wildman–Crippen MR) is 79.9 cm³/mol. The lowest BCUT2D eigenvalue weighted by molar-refractivity contribution is 0.0918. The third-order valence-electron chi connectivity index (χ3n) is 3.92. The molecule has 2 aromatic heterocycles. The van der Waals surface area contributed by atoms with E-state index in [1.54, 1.807) is 13.1 Å². The molecule has 2 heterocycles. The summed E-state index contributed by atoms with van der Waals surface area (Å²) in [6.45, 7) is 3.07. The van der Waals surface area contributed by atoms with E-state index in [-0.39, 0.29) is 17.5 Å². The highest BCUT2D eigenvalue weighted by molar-refractivity contribution is 6.03. The summed E-state index contributed by atoms with van der Waals surface area (Å²) in [5, 5.41) is 6.95. The number of aromatic nitrogens is 2. The summed E-state index contributed by atoms with van der Waals surface area (Å²) < 4.78 is 7.44. The van der Waals surface area contributed by atoms with Crippen LogP contribution in [0.4, 0.5) is 0 Å². The Morgan fingerprint density at radius 3 is 3.05 bits per heavy atom. The Hall–Kier alpha value is -2.37. The Labute approximate surface area is 128 Å². The Kier molecular flexibility index (Phi) is 4.09. The van der Waals surface area contributed by atoms with E-state index in [2.05, 4.69) is 10.4 Å². The molecule has 2 aromatic rings. The number of ketones is 1. The van der Waals surface area contributed by atoms with Gasteiger partial charge in [-0.25, -0.2) is 0 Å². The molecule has 6 heteroatoms. The minimum Gasteiger partial charge on any atom is -0.455 e. The number of hydrogen-bond donors (Lipinski definition) is 1. The lowest BCUT2D eigenvalue weighted by Gasteiger charge is -2.07. The van der Waals surface area contributed by atoms with E-state index >= 15 is 0 Å². The van der Waals surface area contributed by atoms with Gasteiger partial charge in [-0.2, -0.15) is 5.10 Å². The second-order valence-electron chi connectivity index (χ2n) is 5.51. The van der Waals surface area contributed by atoms with Gasteiger partial charge in [0.1, 0.15) is 5.76 Å². The molecule has 1 aliphatic carbocycles. The Morgan fingerprint density at radius 1 is 1.45 bits per heavy atom. The number of Topliss-reactive ketones (excluding diaryl/α,β-unsaturated/α-hetero) is 1. The fraction of sp³-hybridized carbons (Fsp3) is 0.438. The second kappa shape index (κ2) is 6.17. The van der Waals surface area contributed by atoms with Crippen LogP contribution in [0.15, 0.2) is 22.9 Å². The number of nitrogens with zero attached hydrogens (tertiary/aromatic N) is 2. The largest absolute Gasteiger partial charge is 0.455 e. The molecule has 1 aliphatic rings. The van der Waals surface area contributed by atoms with Crippen LogP contribution in [-0.2, 0) is 13.0 Å². The Balaban J connectivity index is 1.59. The third-order valence-corrected chi connectivity index (χ3v) is 3.92. The van der Waals surface area contributed by atoms with E-state index in [1.165, 1.54) is 0 Å². The topological polar surface area (TPSA) is 77.1 Å². The van der Waals surface area contributed by atoms with Crippen LogP contribution < -0.4 is 5.32 Å². The van der Waals surface area contributed by atoms with Gasteiger partial charge in [0.25, 0.3) is 5.91 Å². The number of hydrogen-bond acceptors (Lipinski definition) is 4. The smallest absolute Gasteiger partial charge is 0.287 e. The quantitative estimate of drug-likeness (QED) is 0.858. The molecule has 0 atom stereocenters. The lowest BCUT2D eigenvalue weighted by atomic mass is 9.94. The molecule has 1 N–H and O–H groups in total. The number of nitrogens with one attached hydrogen (secondary N) is 1. The first-order valence-electron chi connectivity index (χ1n) is 7.58. The maximum Gasteiger partial charge on any atom is 0.287 e. The number of rotatable bonds is 5. The van der Waals surface area contributed by atoms with Crippen LogP contribution in [-0.4, -0.2) is 28.0 Å². The standard InChI is InChI=1S/C16H19N3O3/c1-11-14-12(20)5-2-6-13(14)22-15(11)16(21)17-7-3-9-19-10-4-8-18-19/h4,8,10H,2-3,5-7,9H2,1H3,(H,17,21). The average molecular weight is 301 g/mol. The van der Waals surface area contributed by atoms with E-state index in [0.29, 0.717) is 29.9 Å². The van der Waals surface area contributed by atoms with Crippen molar-refractivity contribution in [2.45, 2.75) is 39.2 Å². The summed E-state index contributed by atoms with van der Waals surface area (Å²) in [6, 6.07) is 1.87. The molecule has 0 unspecified atom stereocenters. The van der Waals surface area contributed by atoms with Gasteiger partial charge < -0.3 is 9.73 Å². The molecule has 0 spiro atoms. The fourth-order valence-electron chi connectivity index (χ4n) is 2.82. The van der Waals surface area contributed by atoms with Gasteiger partial charge in [-0.05, 0) is 25.8 Å². The zero-order chi connectivity index (χ0) is 15.5. The molecule has 0 aliphatic heterocycles. The van der Waals surface area contributed by atoms with Crippen molar-refractivity contribution in [1.29, 1.82) is 0 Å². The normalized spacial score (nSPS) is 14.0. The SMILES string of the molecule is Cc1c(C(=O)NCCCn2cccn2)oc2c1C(=O)CCC2. The van der Waals surface area contributed by atoms with Gasteiger partial charge in [0, 0.05) is 43.9 Å². The molecule has 0 fully saturated rings. The van der Waals surface area contributed by atoms with E-state index in [1.807, 2.05) is 16.9 Å². The number of furan rings is 1. The van der Waals surface area contributed by atoms with Crippen molar-refractivity contribution in [2.24, 2.45) is 0 Å². The van der Waals surface area contributed by atoms with Gasteiger partial charge in [0.2, 0.25) is 0 Å². The summed E-state index contributed by atoms with van der Waals surface area (Å²) in [5.41, 5.74) is 1.29. The molecule has 0 aromatic carbocycles. The summed E-state index contributed by atoms with van der Waals surface area (Å²) in [4.78, 5) is 24.1. The monoisotopic (exact) mass is 301 g/mol. The van der Waals surface area contributed by atoms with Gasteiger partial charge in [0.05, 0.1) is 5.56 Å². The summed E-state index contributed by atoms with van der Waals surface area (Å²) in [5.74, 6) is 0.773. The lowest BCUT2D eigenvalue weighted by Crippen LogP contribution is -2.25. The van der Waals surface area contributed by atoms with Crippen LogP contribution in [0.2, 0.25) is 0 Å². The fourth-order valence-corrected chi connectivity index (χ4v) is 2.82. The van der Waals surface area contributed by atoms with Crippen LogP contribution in [0.25, 0.3) is 0 Å². The molecular formula is C16H19N3O3. The number of carbonyl (C=O) groups is 2. The van der Waals surface area contributed by atoms with Crippen molar-refractivity contribution in [3.63, 3.8) is 0 Å². The van der Waals surface area contributed by atoms with Crippen molar-refractivity contribution in [2.75, 3.05) is 6.54 Å². The summed E-state index contributed by atoms with van der Waals surface area (Å²) in [6.07, 6.45) is 6.47. The molecule has 22 heavy (non-hydrogen) atoms. The Morgan fingerprint density at radius 2 is 2.32 bits per heavy atom. The number of amides is 1. The number of carbonyl (C=O) groups excluding carboxylic acids is 2. The zero-order valence-electron chi connectivity index (χ0n) is 12.6. The van der Waals surface area contributed by atoms with Crippen molar-refractivity contribution in [3.05, 3.63) is 41.1 Å². The van der Waals surface area contributed by atoms with Crippen molar-refractivity contribution in [1.82, 2.24) is 15.1 Å². The molecule has 0 saturated carbocycles.